The molecule has 1 fully saturated rings. The molecule has 1 aromatic carbocycles. The predicted octanol–water partition coefficient (Wildman–Crippen LogP) is 3.25. The molecule has 3 rings (SSSR count). The zero-order valence-electron chi connectivity index (χ0n) is 13.2. The highest BCUT2D eigenvalue weighted by molar-refractivity contribution is 5.51. The van der Waals surface area contributed by atoms with E-state index in [0.29, 0.717) is 11.6 Å². The van der Waals surface area contributed by atoms with Crippen molar-refractivity contribution >= 4 is 5.69 Å². The van der Waals surface area contributed by atoms with Crippen LogP contribution in [0.2, 0.25) is 0 Å². The van der Waals surface area contributed by atoms with Crippen LogP contribution in [-0.2, 0) is 0 Å². The molecule has 2 aromatic rings. The molecule has 114 valence electrons. The Bertz CT molecular complexity index is 672. The van der Waals surface area contributed by atoms with Crippen molar-refractivity contribution in [1.82, 2.24) is 15.0 Å². The molecule has 0 N–H and O–H groups in total. The van der Waals surface area contributed by atoms with Crippen LogP contribution in [0.5, 0.6) is 0 Å². The van der Waals surface area contributed by atoms with Gasteiger partial charge in [-0.15, -0.1) is 5.10 Å². The van der Waals surface area contributed by atoms with Crippen molar-refractivity contribution in [3.8, 4) is 11.8 Å². The molecular formula is C17H21N5. The second-order valence-electron chi connectivity index (χ2n) is 5.66. The van der Waals surface area contributed by atoms with Gasteiger partial charge in [0.25, 0.3) is 0 Å². The molecule has 5 nitrogen and oxygen atoms in total. The first kappa shape index (κ1) is 14.6. The summed E-state index contributed by atoms with van der Waals surface area (Å²) in [6, 6.07) is 10.5. The minimum atomic E-state index is 0.423. The maximum absolute atomic E-state index is 9.26. The van der Waals surface area contributed by atoms with Gasteiger partial charge < -0.3 is 4.90 Å². The van der Waals surface area contributed by atoms with Crippen molar-refractivity contribution in [2.24, 2.45) is 0 Å². The molecule has 0 saturated heterocycles. The van der Waals surface area contributed by atoms with Gasteiger partial charge in [0.1, 0.15) is 6.07 Å². The fourth-order valence-corrected chi connectivity index (χ4v) is 3.00. The van der Waals surface area contributed by atoms with Crippen molar-refractivity contribution < 1.29 is 0 Å². The highest BCUT2D eigenvalue weighted by atomic mass is 15.4. The summed E-state index contributed by atoms with van der Waals surface area (Å²) in [4.78, 5) is 2.30. The number of nitrogens with zero attached hydrogens (tertiary/aromatic N) is 5. The van der Waals surface area contributed by atoms with Gasteiger partial charge in [-0.1, -0.05) is 11.6 Å². The Kier molecular flexibility index (Phi) is 4.10. The van der Waals surface area contributed by atoms with Crippen molar-refractivity contribution in [3.63, 3.8) is 0 Å². The first-order valence-electron chi connectivity index (χ1n) is 7.99. The van der Waals surface area contributed by atoms with Crippen LogP contribution in [0, 0.1) is 11.3 Å². The lowest BCUT2D eigenvalue weighted by Gasteiger charge is -2.26. The third-order valence-corrected chi connectivity index (χ3v) is 4.53. The van der Waals surface area contributed by atoms with E-state index in [-0.39, 0.29) is 0 Å². The van der Waals surface area contributed by atoms with E-state index in [2.05, 4.69) is 59.4 Å². The van der Waals surface area contributed by atoms with Gasteiger partial charge in [0, 0.05) is 24.7 Å². The molecule has 1 aromatic heterocycles. The first-order chi connectivity index (χ1) is 10.8. The molecule has 0 unspecified atom stereocenters. The van der Waals surface area contributed by atoms with Crippen molar-refractivity contribution in [3.05, 3.63) is 35.7 Å². The number of hydrogen-bond donors (Lipinski definition) is 0. The van der Waals surface area contributed by atoms with E-state index >= 15 is 0 Å². The van der Waals surface area contributed by atoms with Crippen LogP contribution >= 0.6 is 0 Å². The number of nitriles is 1. The van der Waals surface area contributed by atoms with E-state index in [1.54, 1.807) is 0 Å². The standard InChI is InChI=1S/C17H21N5/c1-3-21(4-2)14-8-10-15(11-9-14)22-17(13-6-5-7-13)16(12-18)19-20-22/h8-11,13H,3-7H2,1-2H3. The molecule has 0 bridgehead atoms. The Morgan fingerprint density at radius 2 is 1.91 bits per heavy atom. The van der Waals surface area contributed by atoms with E-state index in [9.17, 15) is 5.26 Å². The summed E-state index contributed by atoms with van der Waals surface area (Å²) >= 11 is 0. The summed E-state index contributed by atoms with van der Waals surface area (Å²) in [5.41, 5.74) is 3.63. The van der Waals surface area contributed by atoms with Gasteiger partial charge in [-0.05, 0) is 51.0 Å². The molecule has 1 heterocycles. The van der Waals surface area contributed by atoms with Gasteiger partial charge >= 0.3 is 0 Å². The van der Waals surface area contributed by atoms with Crippen LogP contribution in [-0.4, -0.2) is 28.1 Å². The lowest BCUT2D eigenvalue weighted by atomic mass is 9.82. The quantitative estimate of drug-likeness (QED) is 0.849. The summed E-state index contributed by atoms with van der Waals surface area (Å²) in [5, 5.41) is 17.5. The molecule has 0 amide bonds. The Balaban J connectivity index is 1.94. The second kappa shape index (κ2) is 6.18. The number of benzene rings is 1. The predicted molar refractivity (Wildman–Crippen MR) is 86.2 cm³/mol. The number of rotatable bonds is 5. The molecule has 5 heteroatoms. The van der Waals surface area contributed by atoms with E-state index < -0.39 is 0 Å². The Morgan fingerprint density at radius 3 is 2.41 bits per heavy atom. The van der Waals surface area contributed by atoms with E-state index in [0.717, 1.165) is 37.3 Å². The molecule has 0 atom stereocenters. The molecule has 0 spiro atoms. The van der Waals surface area contributed by atoms with Crippen molar-refractivity contribution in [2.45, 2.75) is 39.0 Å². The Labute approximate surface area is 131 Å². The third-order valence-electron chi connectivity index (χ3n) is 4.53. The average molecular weight is 295 g/mol. The highest BCUT2D eigenvalue weighted by Crippen LogP contribution is 2.38. The summed E-state index contributed by atoms with van der Waals surface area (Å²) in [6.07, 6.45) is 3.47. The number of hydrogen-bond acceptors (Lipinski definition) is 4. The third kappa shape index (κ3) is 2.45. The SMILES string of the molecule is CCN(CC)c1ccc(-n2nnc(C#N)c2C2CCC2)cc1. The molecule has 0 aliphatic heterocycles. The monoisotopic (exact) mass is 295 g/mol. The molecule has 0 radical (unpaired) electrons. The summed E-state index contributed by atoms with van der Waals surface area (Å²) < 4.78 is 1.84. The van der Waals surface area contributed by atoms with Gasteiger partial charge in [-0.3, -0.25) is 0 Å². The Morgan fingerprint density at radius 1 is 1.23 bits per heavy atom. The van der Waals surface area contributed by atoms with Gasteiger partial charge in [0.2, 0.25) is 0 Å². The average Bonchev–Trinajstić information content (AvgIpc) is 2.91. The van der Waals surface area contributed by atoms with E-state index in [1.165, 1.54) is 12.1 Å². The summed E-state index contributed by atoms with van der Waals surface area (Å²) in [7, 11) is 0. The molecule has 1 aliphatic rings. The maximum Gasteiger partial charge on any atom is 0.186 e. The molecular weight excluding hydrogens is 274 g/mol. The lowest BCUT2D eigenvalue weighted by molar-refractivity contribution is 0.402. The molecule has 1 aliphatic carbocycles. The number of aromatic nitrogens is 3. The molecule has 1 saturated carbocycles. The van der Waals surface area contributed by atoms with Crippen LogP contribution in [0.3, 0.4) is 0 Å². The summed E-state index contributed by atoms with van der Waals surface area (Å²) in [5.74, 6) is 0.423. The fraction of sp³-hybridized carbons (Fsp3) is 0.471. The Hall–Kier alpha value is -2.35. The van der Waals surface area contributed by atoms with Gasteiger partial charge in [-0.2, -0.15) is 5.26 Å². The fourth-order valence-electron chi connectivity index (χ4n) is 3.00. The normalized spacial score (nSPS) is 14.4. The smallest absolute Gasteiger partial charge is 0.186 e. The van der Waals surface area contributed by atoms with E-state index in [4.69, 9.17) is 0 Å². The highest BCUT2D eigenvalue weighted by Gasteiger charge is 2.28. The van der Waals surface area contributed by atoms with Crippen LogP contribution in [0.1, 0.15) is 50.4 Å². The van der Waals surface area contributed by atoms with Gasteiger partial charge in [-0.25, -0.2) is 4.68 Å². The van der Waals surface area contributed by atoms with Gasteiger partial charge in [0.15, 0.2) is 5.69 Å². The topological polar surface area (TPSA) is 57.7 Å². The zero-order chi connectivity index (χ0) is 15.5. The summed E-state index contributed by atoms with van der Waals surface area (Å²) in [6.45, 7) is 6.29. The largest absolute Gasteiger partial charge is 0.372 e. The minimum absolute atomic E-state index is 0.423. The van der Waals surface area contributed by atoms with Crippen LogP contribution < -0.4 is 4.90 Å². The van der Waals surface area contributed by atoms with Crippen LogP contribution in [0.25, 0.3) is 5.69 Å². The van der Waals surface area contributed by atoms with E-state index in [1.807, 2.05) is 4.68 Å². The van der Waals surface area contributed by atoms with Crippen LogP contribution in [0.4, 0.5) is 5.69 Å². The lowest BCUT2D eigenvalue weighted by Crippen LogP contribution is -2.21. The van der Waals surface area contributed by atoms with Gasteiger partial charge in [0.05, 0.1) is 11.4 Å². The zero-order valence-corrected chi connectivity index (χ0v) is 13.2. The van der Waals surface area contributed by atoms with Crippen molar-refractivity contribution in [1.29, 1.82) is 5.26 Å². The first-order valence-corrected chi connectivity index (χ1v) is 7.99. The number of anilines is 1. The van der Waals surface area contributed by atoms with Crippen LogP contribution in [0.15, 0.2) is 24.3 Å². The van der Waals surface area contributed by atoms with Crippen molar-refractivity contribution in [2.75, 3.05) is 18.0 Å². The maximum atomic E-state index is 9.26. The molecule has 22 heavy (non-hydrogen) atoms. The second-order valence-corrected chi connectivity index (χ2v) is 5.66. The minimum Gasteiger partial charge on any atom is -0.372 e.